The molecule has 0 atom stereocenters. The maximum atomic E-state index is 3.27. The predicted octanol–water partition coefficient (Wildman–Crippen LogP) is 4.19. The zero-order valence-electron chi connectivity index (χ0n) is 9.73. The van der Waals surface area contributed by atoms with E-state index in [0.29, 0.717) is 0 Å². The second kappa shape index (κ2) is 22.9. The zero-order chi connectivity index (χ0) is 9.66. The van der Waals surface area contributed by atoms with Crippen LogP contribution in [0.15, 0.2) is 6.08 Å². The summed E-state index contributed by atoms with van der Waals surface area (Å²) in [6.07, 6.45) is 13.1. The smallest absolute Gasteiger partial charge is 0.501 e. The van der Waals surface area contributed by atoms with Gasteiger partial charge in [-0.05, 0) is 0 Å². The minimum atomic E-state index is 0. The number of unbranched alkanes of at least 4 members (excludes halogenated alkanes) is 4. The quantitative estimate of drug-likeness (QED) is 0.336. The van der Waals surface area contributed by atoms with Gasteiger partial charge in [-0.1, -0.05) is 46.0 Å². The molecule has 0 aliphatic rings. The van der Waals surface area contributed by atoms with E-state index in [1.165, 1.54) is 32.1 Å². The van der Waals surface area contributed by atoms with Gasteiger partial charge in [-0.3, -0.25) is 6.08 Å². The molecule has 0 aromatic rings. The van der Waals surface area contributed by atoms with Crippen molar-refractivity contribution in [3.05, 3.63) is 19.1 Å². The predicted molar refractivity (Wildman–Crippen MR) is 63.6 cm³/mol. The fraction of sp³-hybridized carbons (Fsp3) is 0.750. The van der Waals surface area contributed by atoms with E-state index in [-0.39, 0.29) is 23.1 Å². The molecule has 0 aliphatic heterocycles. The minimum Gasteiger partial charge on any atom is -0.501 e. The van der Waals surface area contributed by atoms with Crippen LogP contribution in [0.2, 0.25) is 0 Å². The summed E-state index contributed by atoms with van der Waals surface area (Å²) in [6, 6.07) is 0. The van der Waals surface area contributed by atoms with Crippen LogP contribution in [0.1, 0.15) is 59.3 Å². The third-order valence-corrected chi connectivity index (χ3v) is 1.49. The van der Waals surface area contributed by atoms with Gasteiger partial charge in [0, 0.05) is 0 Å². The number of hydrogen-bond acceptors (Lipinski definition) is 0. The molecule has 1 heteroatoms. The van der Waals surface area contributed by atoms with Gasteiger partial charge in [-0.2, -0.15) is 13.3 Å². The van der Waals surface area contributed by atoms with Crippen molar-refractivity contribution in [1.82, 2.24) is 0 Å². The number of allylic oxidation sites excluding steroid dienone is 2. The molecule has 0 rings (SSSR count). The summed E-state index contributed by atoms with van der Waals surface area (Å²) in [4.78, 5) is 0. The molecule has 0 nitrogen and oxygen atoms in total. The third kappa shape index (κ3) is 24.5. The molecule has 0 unspecified atom stereocenters. The van der Waals surface area contributed by atoms with Gasteiger partial charge in [0.05, 0.1) is 0 Å². The van der Waals surface area contributed by atoms with Crippen molar-refractivity contribution >= 4 is 23.1 Å². The summed E-state index contributed by atoms with van der Waals surface area (Å²) in [5.41, 5.74) is 0. The van der Waals surface area contributed by atoms with E-state index in [4.69, 9.17) is 0 Å². The Hall–Kier alpha value is 0.506. The fourth-order valence-electron chi connectivity index (χ4n) is 0.845. The average Bonchev–Trinajstić information content (AvgIpc) is 2.15. The van der Waals surface area contributed by atoms with Gasteiger partial charge in [-0.15, -0.1) is 0 Å². The summed E-state index contributed by atoms with van der Waals surface area (Å²) in [5.74, 6) is 0. The SMILES string of the molecule is CCC[C-]=CCCCCC.[CH2-]C.[Mg+2]. The first-order chi connectivity index (χ1) is 5.91. The van der Waals surface area contributed by atoms with Crippen molar-refractivity contribution in [2.45, 2.75) is 59.3 Å². The van der Waals surface area contributed by atoms with Gasteiger partial charge in [0.2, 0.25) is 0 Å². The molecule has 0 radical (unpaired) electrons. The molecule has 0 spiro atoms. The first-order valence-corrected chi connectivity index (χ1v) is 5.17. The van der Waals surface area contributed by atoms with Crippen LogP contribution in [-0.4, -0.2) is 23.1 Å². The molecule has 0 saturated heterocycles. The van der Waals surface area contributed by atoms with Crippen LogP contribution in [0.5, 0.6) is 0 Å². The maximum absolute atomic E-state index is 3.27. The molecule has 0 aliphatic carbocycles. The normalized spacial score (nSPS) is 8.92. The fourth-order valence-corrected chi connectivity index (χ4v) is 0.845. The molecular weight excluding hydrogens is 168 g/mol. The summed E-state index contributed by atoms with van der Waals surface area (Å²) < 4.78 is 0. The van der Waals surface area contributed by atoms with Crippen molar-refractivity contribution in [3.63, 3.8) is 0 Å². The molecule has 0 saturated carbocycles. The van der Waals surface area contributed by atoms with E-state index in [1.807, 2.05) is 0 Å². The van der Waals surface area contributed by atoms with Crippen LogP contribution in [0.25, 0.3) is 0 Å². The van der Waals surface area contributed by atoms with Crippen LogP contribution in [0.4, 0.5) is 0 Å². The topological polar surface area (TPSA) is 0 Å². The standard InChI is InChI=1S/C10H19.C2H5.Mg/c1-3-5-7-9-10-8-6-4-2;1-2;/h10H,3-7,9H2,1-2H3;1H2,2H3;/q2*-1;+2. The van der Waals surface area contributed by atoms with E-state index in [9.17, 15) is 0 Å². The first kappa shape index (κ1) is 19.1. The van der Waals surface area contributed by atoms with E-state index in [1.54, 1.807) is 6.92 Å². The minimum absolute atomic E-state index is 0. The Balaban J connectivity index is -0.000000309. The van der Waals surface area contributed by atoms with Crippen molar-refractivity contribution in [2.24, 2.45) is 0 Å². The van der Waals surface area contributed by atoms with Crippen molar-refractivity contribution in [3.8, 4) is 0 Å². The van der Waals surface area contributed by atoms with Gasteiger partial charge >= 0.3 is 23.1 Å². The van der Waals surface area contributed by atoms with Crippen molar-refractivity contribution < 1.29 is 0 Å². The third-order valence-electron chi connectivity index (χ3n) is 1.49. The molecular formula is C12H24Mg. The van der Waals surface area contributed by atoms with E-state index < -0.39 is 0 Å². The largest absolute Gasteiger partial charge is 2.00 e. The second-order valence-electron chi connectivity index (χ2n) is 2.65. The van der Waals surface area contributed by atoms with Gasteiger partial charge in [0.15, 0.2) is 0 Å². The van der Waals surface area contributed by atoms with Crippen molar-refractivity contribution in [2.75, 3.05) is 0 Å². The Morgan fingerprint density at radius 2 is 1.69 bits per heavy atom. The molecule has 0 N–H and O–H groups in total. The summed E-state index contributed by atoms with van der Waals surface area (Å²) in [6.45, 7) is 9.42. The Kier molecular flexibility index (Phi) is 33.7. The summed E-state index contributed by atoms with van der Waals surface area (Å²) in [7, 11) is 0. The Morgan fingerprint density at radius 3 is 2.15 bits per heavy atom. The number of rotatable bonds is 6. The van der Waals surface area contributed by atoms with Gasteiger partial charge in [-0.25, -0.2) is 0 Å². The Labute approximate surface area is 101 Å². The first-order valence-electron chi connectivity index (χ1n) is 5.17. The molecule has 0 aromatic carbocycles. The number of hydrogen-bond donors (Lipinski definition) is 0. The molecule has 74 valence electrons. The summed E-state index contributed by atoms with van der Waals surface area (Å²) in [5, 5.41) is 0. The van der Waals surface area contributed by atoms with Crippen LogP contribution >= 0.6 is 0 Å². The monoisotopic (exact) mass is 192 g/mol. The van der Waals surface area contributed by atoms with E-state index in [0.717, 1.165) is 6.42 Å². The van der Waals surface area contributed by atoms with Gasteiger partial charge in [0.1, 0.15) is 0 Å². The zero-order valence-corrected chi connectivity index (χ0v) is 11.1. The van der Waals surface area contributed by atoms with Crippen LogP contribution < -0.4 is 0 Å². The van der Waals surface area contributed by atoms with E-state index >= 15 is 0 Å². The van der Waals surface area contributed by atoms with Crippen LogP contribution in [0.3, 0.4) is 0 Å². The average molecular weight is 193 g/mol. The van der Waals surface area contributed by atoms with Crippen LogP contribution in [0, 0.1) is 13.0 Å². The van der Waals surface area contributed by atoms with E-state index in [2.05, 4.69) is 32.9 Å². The second-order valence-corrected chi connectivity index (χ2v) is 2.65. The molecule has 0 aromatic heterocycles. The Morgan fingerprint density at radius 1 is 1.08 bits per heavy atom. The van der Waals surface area contributed by atoms with Crippen LogP contribution in [-0.2, 0) is 0 Å². The van der Waals surface area contributed by atoms with Gasteiger partial charge < -0.3 is 13.0 Å². The molecule has 13 heavy (non-hydrogen) atoms. The molecule has 0 heterocycles. The van der Waals surface area contributed by atoms with Gasteiger partial charge in [0.25, 0.3) is 0 Å². The molecule has 0 fully saturated rings. The molecule has 0 bridgehead atoms. The maximum Gasteiger partial charge on any atom is 2.00 e. The summed E-state index contributed by atoms with van der Waals surface area (Å²) >= 11 is 0. The van der Waals surface area contributed by atoms with Crippen molar-refractivity contribution in [1.29, 1.82) is 0 Å². The molecule has 0 amide bonds. The Bertz CT molecular complexity index is 77.2.